The van der Waals surface area contributed by atoms with Crippen molar-refractivity contribution in [1.29, 1.82) is 0 Å². The molecule has 1 saturated heterocycles. The summed E-state index contributed by atoms with van der Waals surface area (Å²) in [6.45, 7) is 6.36. The van der Waals surface area contributed by atoms with Gasteiger partial charge in [0.15, 0.2) is 0 Å². The van der Waals surface area contributed by atoms with Gasteiger partial charge in [-0.2, -0.15) is 0 Å². The lowest BCUT2D eigenvalue weighted by atomic mass is 10.2. The van der Waals surface area contributed by atoms with Gasteiger partial charge in [-0.3, -0.25) is 4.79 Å². The first-order valence-corrected chi connectivity index (χ1v) is 7.68. The molecule has 1 aliphatic rings. The Labute approximate surface area is 133 Å². The average Bonchev–Trinajstić information content (AvgIpc) is 3.05. The number of hydrogen-bond donors (Lipinski definition) is 0. The SMILES string of the molecule is CC(C)c1nnc(C(=O)N2CCN(c3ccc(F)cc3)CC2)o1. The molecule has 0 N–H and O–H groups in total. The van der Waals surface area contributed by atoms with E-state index in [1.54, 1.807) is 17.0 Å². The minimum Gasteiger partial charge on any atom is -0.417 e. The van der Waals surface area contributed by atoms with E-state index >= 15 is 0 Å². The number of anilines is 1. The molecule has 122 valence electrons. The van der Waals surface area contributed by atoms with E-state index in [-0.39, 0.29) is 23.5 Å². The maximum atomic E-state index is 13.0. The van der Waals surface area contributed by atoms with E-state index < -0.39 is 0 Å². The van der Waals surface area contributed by atoms with Gasteiger partial charge in [-0.15, -0.1) is 10.2 Å². The largest absolute Gasteiger partial charge is 0.417 e. The van der Waals surface area contributed by atoms with Crippen molar-refractivity contribution < 1.29 is 13.6 Å². The molecule has 7 heteroatoms. The fourth-order valence-corrected chi connectivity index (χ4v) is 2.51. The highest BCUT2D eigenvalue weighted by Gasteiger charge is 2.26. The summed E-state index contributed by atoms with van der Waals surface area (Å²) >= 11 is 0. The van der Waals surface area contributed by atoms with Crippen LogP contribution in [-0.2, 0) is 0 Å². The number of halogens is 1. The minimum atomic E-state index is -0.250. The average molecular weight is 318 g/mol. The molecule has 0 unspecified atom stereocenters. The van der Waals surface area contributed by atoms with E-state index in [0.29, 0.717) is 32.1 Å². The van der Waals surface area contributed by atoms with Crippen LogP contribution in [0.5, 0.6) is 0 Å². The molecule has 0 radical (unpaired) electrons. The number of piperazine rings is 1. The Balaban J connectivity index is 1.61. The first-order valence-electron chi connectivity index (χ1n) is 7.68. The second-order valence-corrected chi connectivity index (χ2v) is 5.86. The first-order chi connectivity index (χ1) is 11.0. The van der Waals surface area contributed by atoms with E-state index in [4.69, 9.17) is 4.42 Å². The third-order valence-corrected chi connectivity index (χ3v) is 3.88. The Kier molecular flexibility index (Phi) is 4.27. The quantitative estimate of drug-likeness (QED) is 0.869. The van der Waals surface area contributed by atoms with Crippen molar-refractivity contribution in [2.45, 2.75) is 19.8 Å². The summed E-state index contributed by atoms with van der Waals surface area (Å²) in [6, 6.07) is 6.39. The number of carbonyl (C=O) groups is 1. The van der Waals surface area contributed by atoms with Gasteiger partial charge in [0, 0.05) is 37.8 Å². The van der Waals surface area contributed by atoms with Crippen molar-refractivity contribution in [2.75, 3.05) is 31.1 Å². The molecule has 3 rings (SSSR count). The van der Waals surface area contributed by atoms with E-state index in [2.05, 4.69) is 15.1 Å². The zero-order chi connectivity index (χ0) is 16.4. The van der Waals surface area contributed by atoms with Gasteiger partial charge in [0.05, 0.1) is 0 Å². The van der Waals surface area contributed by atoms with Crippen molar-refractivity contribution in [1.82, 2.24) is 15.1 Å². The third-order valence-electron chi connectivity index (χ3n) is 3.88. The van der Waals surface area contributed by atoms with E-state index in [0.717, 1.165) is 5.69 Å². The van der Waals surface area contributed by atoms with Gasteiger partial charge in [-0.25, -0.2) is 4.39 Å². The summed E-state index contributed by atoms with van der Waals surface area (Å²) < 4.78 is 18.4. The van der Waals surface area contributed by atoms with Gasteiger partial charge in [0.2, 0.25) is 5.89 Å². The Morgan fingerprint density at radius 2 is 1.78 bits per heavy atom. The van der Waals surface area contributed by atoms with E-state index in [1.807, 2.05) is 13.8 Å². The molecule has 0 saturated carbocycles. The van der Waals surface area contributed by atoms with Crippen LogP contribution in [0, 0.1) is 5.82 Å². The van der Waals surface area contributed by atoms with Crippen molar-refractivity contribution >= 4 is 11.6 Å². The lowest BCUT2D eigenvalue weighted by molar-refractivity contribution is 0.0704. The van der Waals surface area contributed by atoms with E-state index in [9.17, 15) is 9.18 Å². The lowest BCUT2D eigenvalue weighted by Gasteiger charge is -2.35. The molecular weight excluding hydrogens is 299 g/mol. The fourth-order valence-electron chi connectivity index (χ4n) is 2.51. The van der Waals surface area contributed by atoms with Crippen molar-refractivity contribution in [2.24, 2.45) is 0 Å². The maximum Gasteiger partial charge on any atom is 0.311 e. The summed E-state index contributed by atoms with van der Waals surface area (Å²) in [4.78, 5) is 16.2. The molecule has 0 spiro atoms. The third kappa shape index (κ3) is 3.33. The summed E-state index contributed by atoms with van der Waals surface area (Å²) in [7, 11) is 0. The summed E-state index contributed by atoms with van der Waals surface area (Å²) in [6.07, 6.45) is 0. The maximum absolute atomic E-state index is 13.0. The minimum absolute atomic E-state index is 0.0453. The second kappa shape index (κ2) is 6.36. The molecule has 0 aliphatic carbocycles. The van der Waals surface area contributed by atoms with Gasteiger partial charge in [-0.05, 0) is 24.3 Å². The zero-order valence-electron chi connectivity index (χ0n) is 13.2. The normalized spacial score (nSPS) is 15.3. The number of nitrogens with zero attached hydrogens (tertiary/aromatic N) is 4. The molecule has 23 heavy (non-hydrogen) atoms. The highest BCUT2D eigenvalue weighted by molar-refractivity contribution is 5.89. The topological polar surface area (TPSA) is 62.5 Å². The van der Waals surface area contributed by atoms with Gasteiger partial charge in [0.25, 0.3) is 0 Å². The van der Waals surface area contributed by atoms with Crippen LogP contribution in [0.15, 0.2) is 28.7 Å². The lowest BCUT2D eigenvalue weighted by Crippen LogP contribution is -2.48. The predicted octanol–water partition coefficient (Wildman–Crippen LogP) is 2.29. The highest BCUT2D eigenvalue weighted by Crippen LogP contribution is 2.18. The Hall–Kier alpha value is -2.44. The number of amides is 1. The number of rotatable bonds is 3. The number of carbonyl (C=O) groups excluding carboxylic acids is 1. The van der Waals surface area contributed by atoms with Crippen LogP contribution in [-0.4, -0.2) is 47.2 Å². The van der Waals surface area contributed by atoms with Crippen molar-refractivity contribution in [3.8, 4) is 0 Å². The van der Waals surface area contributed by atoms with Crippen LogP contribution in [0.3, 0.4) is 0 Å². The Morgan fingerprint density at radius 1 is 1.13 bits per heavy atom. The molecule has 2 heterocycles. The van der Waals surface area contributed by atoms with E-state index in [1.165, 1.54) is 12.1 Å². The Morgan fingerprint density at radius 3 is 2.35 bits per heavy atom. The molecule has 1 fully saturated rings. The van der Waals surface area contributed by atoms with Crippen molar-refractivity contribution in [3.63, 3.8) is 0 Å². The van der Waals surface area contributed by atoms with Gasteiger partial charge in [-0.1, -0.05) is 13.8 Å². The van der Waals surface area contributed by atoms with Crippen molar-refractivity contribution in [3.05, 3.63) is 41.9 Å². The molecule has 0 atom stereocenters. The van der Waals surface area contributed by atoms with Crippen LogP contribution in [0.1, 0.15) is 36.3 Å². The number of hydrogen-bond acceptors (Lipinski definition) is 5. The van der Waals surface area contributed by atoms with Gasteiger partial charge >= 0.3 is 11.8 Å². The summed E-state index contributed by atoms with van der Waals surface area (Å²) in [5, 5.41) is 7.73. The smallest absolute Gasteiger partial charge is 0.311 e. The standard InChI is InChI=1S/C16H19FN4O2/c1-11(2)14-18-19-15(23-14)16(22)21-9-7-20(8-10-21)13-5-3-12(17)4-6-13/h3-6,11H,7-10H2,1-2H3. The monoisotopic (exact) mass is 318 g/mol. The molecule has 6 nitrogen and oxygen atoms in total. The first kappa shape index (κ1) is 15.5. The van der Waals surface area contributed by atoms with Gasteiger partial charge in [0.1, 0.15) is 5.82 Å². The molecule has 0 bridgehead atoms. The highest BCUT2D eigenvalue weighted by atomic mass is 19.1. The molecule has 2 aromatic rings. The molecule has 1 aromatic carbocycles. The number of aromatic nitrogens is 2. The molecule has 1 amide bonds. The second-order valence-electron chi connectivity index (χ2n) is 5.86. The van der Waals surface area contributed by atoms with Crippen LogP contribution >= 0.6 is 0 Å². The van der Waals surface area contributed by atoms with Crippen LogP contribution in [0.4, 0.5) is 10.1 Å². The number of benzene rings is 1. The predicted molar refractivity (Wildman–Crippen MR) is 82.9 cm³/mol. The summed E-state index contributed by atoms with van der Waals surface area (Å²) in [5.41, 5.74) is 0.957. The fraction of sp³-hybridized carbons (Fsp3) is 0.438. The Bertz CT molecular complexity index is 676. The van der Waals surface area contributed by atoms with Crippen LogP contribution in [0.25, 0.3) is 0 Å². The molecule has 1 aliphatic heterocycles. The summed E-state index contributed by atoms with van der Waals surface area (Å²) in [5.74, 6) is 0.129. The molecule has 1 aromatic heterocycles. The van der Waals surface area contributed by atoms with Gasteiger partial charge < -0.3 is 14.2 Å². The van der Waals surface area contributed by atoms with Crippen LogP contribution in [0.2, 0.25) is 0 Å². The zero-order valence-corrected chi connectivity index (χ0v) is 13.2. The molecular formula is C16H19FN4O2. The van der Waals surface area contributed by atoms with Crippen LogP contribution < -0.4 is 4.90 Å².